The lowest BCUT2D eigenvalue weighted by atomic mass is 9.92. The SMILES string of the molecule is CS(=O)(=O)N1CCc2ccccc2[C@@H]1CC(=O)O. The molecule has 1 aromatic rings. The van der Waals surface area contributed by atoms with Gasteiger partial charge in [-0.15, -0.1) is 0 Å². The summed E-state index contributed by atoms with van der Waals surface area (Å²) in [5.41, 5.74) is 1.83. The van der Waals surface area contributed by atoms with E-state index in [1.54, 1.807) is 12.1 Å². The molecular weight excluding hydrogens is 254 g/mol. The van der Waals surface area contributed by atoms with Gasteiger partial charge in [-0.2, -0.15) is 4.31 Å². The van der Waals surface area contributed by atoms with E-state index in [0.717, 1.165) is 17.4 Å². The number of aliphatic carboxylic acids is 1. The standard InChI is InChI=1S/C12H15NO4S/c1-18(16,17)13-7-6-9-4-2-3-5-10(9)11(13)8-12(14)15/h2-5,11H,6-8H2,1H3,(H,14,15)/t11-/m0/s1. The Hall–Kier alpha value is -1.40. The van der Waals surface area contributed by atoms with Crippen LogP contribution in [0.25, 0.3) is 0 Å². The van der Waals surface area contributed by atoms with Crippen molar-refractivity contribution in [3.05, 3.63) is 35.4 Å². The summed E-state index contributed by atoms with van der Waals surface area (Å²) in [6, 6.07) is 6.82. The second-order valence-corrected chi connectivity index (χ2v) is 6.37. The van der Waals surface area contributed by atoms with Gasteiger partial charge in [-0.3, -0.25) is 4.79 Å². The fraction of sp³-hybridized carbons (Fsp3) is 0.417. The molecule has 0 radical (unpaired) electrons. The molecule has 0 spiro atoms. The van der Waals surface area contributed by atoms with Crippen LogP contribution in [0, 0.1) is 0 Å². The lowest BCUT2D eigenvalue weighted by Gasteiger charge is -2.34. The molecule has 0 amide bonds. The summed E-state index contributed by atoms with van der Waals surface area (Å²) in [5, 5.41) is 8.95. The van der Waals surface area contributed by atoms with Crippen LogP contribution in [0.1, 0.15) is 23.6 Å². The molecule has 1 aliphatic rings. The number of fused-ring (bicyclic) bond motifs is 1. The summed E-state index contributed by atoms with van der Waals surface area (Å²) < 4.78 is 24.7. The molecule has 0 fully saturated rings. The summed E-state index contributed by atoms with van der Waals surface area (Å²) in [5.74, 6) is -0.995. The van der Waals surface area contributed by atoms with Crippen molar-refractivity contribution in [2.75, 3.05) is 12.8 Å². The highest BCUT2D eigenvalue weighted by atomic mass is 32.2. The molecule has 18 heavy (non-hydrogen) atoms. The molecule has 6 heteroatoms. The van der Waals surface area contributed by atoms with Gasteiger partial charge in [0.15, 0.2) is 0 Å². The Kier molecular flexibility index (Phi) is 3.41. The fourth-order valence-corrected chi connectivity index (χ4v) is 3.48. The predicted octanol–water partition coefficient (Wildman–Crippen LogP) is 1.02. The molecule has 98 valence electrons. The van der Waals surface area contributed by atoms with E-state index >= 15 is 0 Å². The number of rotatable bonds is 3. The van der Waals surface area contributed by atoms with Crippen LogP contribution in [0.3, 0.4) is 0 Å². The van der Waals surface area contributed by atoms with Crippen LogP contribution in [0.15, 0.2) is 24.3 Å². The Morgan fingerprint density at radius 3 is 2.72 bits per heavy atom. The molecule has 0 saturated heterocycles. The van der Waals surface area contributed by atoms with Crippen molar-refractivity contribution < 1.29 is 18.3 Å². The zero-order chi connectivity index (χ0) is 13.3. The van der Waals surface area contributed by atoms with Gasteiger partial charge in [0.1, 0.15) is 0 Å². The Balaban J connectivity index is 2.46. The molecular formula is C12H15NO4S. The molecule has 0 bridgehead atoms. The van der Waals surface area contributed by atoms with Gasteiger partial charge in [-0.25, -0.2) is 8.42 Å². The van der Waals surface area contributed by atoms with E-state index in [0.29, 0.717) is 13.0 Å². The van der Waals surface area contributed by atoms with Crippen molar-refractivity contribution in [3.8, 4) is 0 Å². The van der Waals surface area contributed by atoms with Gasteiger partial charge in [0.2, 0.25) is 10.0 Å². The number of carboxylic acids is 1. The molecule has 0 aromatic heterocycles. The van der Waals surface area contributed by atoms with Crippen molar-refractivity contribution in [2.45, 2.75) is 18.9 Å². The first-order chi connectivity index (χ1) is 8.39. The summed E-state index contributed by atoms with van der Waals surface area (Å²) in [6.45, 7) is 0.341. The van der Waals surface area contributed by atoms with Gasteiger partial charge in [0, 0.05) is 6.54 Å². The van der Waals surface area contributed by atoms with Gasteiger partial charge in [-0.05, 0) is 17.5 Å². The minimum Gasteiger partial charge on any atom is -0.481 e. The van der Waals surface area contributed by atoms with Crippen LogP contribution in [-0.4, -0.2) is 36.6 Å². The predicted molar refractivity (Wildman–Crippen MR) is 66.7 cm³/mol. The van der Waals surface area contributed by atoms with E-state index in [1.807, 2.05) is 12.1 Å². The first kappa shape index (κ1) is 13.0. The van der Waals surface area contributed by atoms with Crippen LogP contribution in [0.2, 0.25) is 0 Å². The average Bonchev–Trinajstić information content (AvgIpc) is 2.27. The topological polar surface area (TPSA) is 74.7 Å². The van der Waals surface area contributed by atoms with E-state index in [1.165, 1.54) is 4.31 Å². The van der Waals surface area contributed by atoms with Crippen LogP contribution in [0.4, 0.5) is 0 Å². The normalized spacial score (nSPS) is 20.4. The lowest BCUT2D eigenvalue weighted by molar-refractivity contribution is -0.138. The zero-order valence-corrected chi connectivity index (χ0v) is 10.9. The van der Waals surface area contributed by atoms with E-state index in [4.69, 9.17) is 5.11 Å². The monoisotopic (exact) mass is 269 g/mol. The van der Waals surface area contributed by atoms with Gasteiger partial charge >= 0.3 is 5.97 Å². The number of carbonyl (C=O) groups is 1. The highest BCUT2D eigenvalue weighted by Crippen LogP contribution is 2.33. The van der Waals surface area contributed by atoms with Gasteiger partial charge < -0.3 is 5.11 Å². The Labute approximate surface area is 106 Å². The van der Waals surface area contributed by atoms with Crippen LogP contribution >= 0.6 is 0 Å². The maximum absolute atomic E-state index is 11.7. The molecule has 0 saturated carbocycles. The van der Waals surface area contributed by atoms with Gasteiger partial charge in [0.05, 0.1) is 18.7 Å². The van der Waals surface area contributed by atoms with Crippen LogP contribution in [0.5, 0.6) is 0 Å². The van der Waals surface area contributed by atoms with Gasteiger partial charge in [-0.1, -0.05) is 24.3 Å². The zero-order valence-electron chi connectivity index (χ0n) is 10.0. The summed E-state index contributed by atoms with van der Waals surface area (Å²) in [6.07, 6.45) is 1.54. The number of nitrogens with zero attached hydrogens (tertiary/aromatic N) is 1. The van der Waals surface area contributed by atoms with Crippen molar-refractivity contribution in [1.82, 2.24) is 4.31 Å². The molecule has 1 heterocycles. The second-order valence-electron chi connectivity index (χ2n) is 4.44. The Bertz CT molecular complexity index is 567. The van der Waals surface area contributed by atoms with E-state index in [2.05, 4.69) is 0 Å². The Morgan fingerprint density at radius 1 is 1.44 bits per heavy atom. The van der Waals surface area contributed by atoms with Crippen molar-refractivity contribution in [1.29, 1.82) is 0 Å². The molecule has 1 atom stereocenters. The molecule has 5 nitrogen and oxygen atoms in total. The van der Waals surface area contributed by atoms with Crippen molar-refractivity contribution in [2.24, 2.45) is 0 Å². The first-order valence-electron chi connectivity index (χ1n) is 5.66. The molecule has 1 aliphatic heterocycles. The van der Waals surface area contributed by atoms with E-state index in [9.17, 15) is 13.2 Å². The number of sulfonamides is 1. The van der Waals surface area contributed by atoms with Crippen molar-refractivity contribution in [3.63, 3.8) is 0 Å². The van der Waals surface area contributed by atoms with E-state index in [-0.39, 0.29) is 6.42 Å². The minimum atomic E-state index is -3.39. The average molecular weight is 269 g/mol. The van der Waals surface area contributed by atoms with Crippen LogP contribution in [-0.2, 0) is 21.2 Å². The second kappa shape index (κ2) is 4.70. The molecule has 0 aliphatic carbocycles. The number of carboxylic acid groups (broad SMARTS) is 1. The lowest BCUT2D eigenvalue weighted by Crippen LogP contribution is -2.40. The summed E-state index contributed by atoms with van der Waals surface area (Å²) in [4.78, 5) is 10.9. The minimum absolute atomic E-state index is 0.204. The highest BCUT2D eigenvalue weighted by molar-refractivity contribution is 7.88. The molecule has 1 N–H and O–H groups in total. The maximum Gasteiger partial charge on any atom is 0.305 e. The Morgan fingerprint density at radius 2 is 2.11 bits per heavy atom. The number of hydrogen-bond acceptors (Lipinski definition) is 3. The van der Waals surface area contributed by atoms with E-state index < -0.39 is 22.0 Å². The third kappa shape index (κ3) is 2.54. The summed E-state index contributed by atoms with van der Waals surface area (Å²) in [7, 11) is -3.39. The molecule has 2 rings (SSSR count). The third-order valence-electron chi connectivity index (χ3n) is 3.16. The first-order valence-corrected chi connectivity index (χ1v) is 7.51. The molecule has 1 aromatic carbocycles. The summed E-state index contributed by atoms with van der Waals surface area (Å²) >= 11 is 0. The maximum atomic E-state index is 11.7. The van der Waals surface area contributed by atoms with Crippen LogP contribution < -0.4 is 0 Å². The van der Waals surface area contributed by atoms with Gasteiger partial charge in [0.25, 0.3) is 0 Å². The van der Waals surface area contributed by atoms with Crippen molar-refractivity contribution >= 4 is 16.0 Å². The fourth-order valence-electron chi connectivity index (χ4n) is 2.40. The number of hydrogen-bond donors (Lipinski definition) is 1. The third-order valence-corrected chi connectivity index (χ3v) is 4.45. The quantitative estimate of drug-likeness (QED) is 0.889. The molecule has 0 unspecified atom stereocenters. The highest BCUT2D eigenvalue weighted by Gasteiger charge is 2.34. The largest absolute Gasteiger partial charge is 0.481 e. The smallest absolute Gasteiger partial charge is 0.305 e. The number of benzene rings is 1.